The van der Waals surface area contributed by atoms with Gasteiger partial charge in [-0.25, -0.2) is 0 Å². The normalized spacial score (nSPS) is 11.7. The molecule has 0 heterocycles. The van der Waals surface area contributed by atoms with E-state index in [1.165, 1.54) is 38.2 Å². The Morgan fingerprint density at radius 3 is 2.28 bits per heavy atom. The van der Waals surface area contributed by atoms with Crippen molar-refractivity contribution >= 4 is 36.6 Å². The van der Waals surface area contributed by atoms with Gasteiger partial charge in [-0.15, -0.1) is 33.7 Å². The Kier molecular flexibility index (Phi) is 11.0. The Hall–Kier alpha value is -0.530. The van der Waals surface area contributed by atoms with Gasteiger partial charge in [0.05, 0.1) is 0 Å². The number of fused-ring (bicyclic) bond motifs is 3. The van der Waals surface area contributed by atoms with E-state index >= 15 is 0 Å². The number of allylic oxidation sites excluding steroid dienone is 4. The van der Waals surface area contributed by atoms with E-state index in [-0.39, 0.29) is 51.0 Å². The number of hydrogen-bond acceptors (Lipinski definition) is 0. The van der Waals surface area contributed by atoms with Gasteiger partial charge >= 0.3 is 26.2 Å². The third-order valence-corrected chi connectivity index (χ3v) is 4.10. The van der Waals surface area contributed by atoms with Gasteiger partial charge in [-0.3, -0.25) is 0 Å². The third-order valence-electron chi connectivity index (χ3n) is 4.10. The number of halogens is 2. The first kappa shape index (κ1) is 24.5. The van der Waals surface area contributed by atoms with Crippen LogP contribution < -0.4 is 24.8 Å². The molecule has 1 aliphatic carbocycles. The summed E-state index contributed by atoms with van der Waals surface area (Å²) in [6.45, 7) is 6.52. The second-order valence-electron chi connectivity index (χ2n) is 5.77. The molecule has 0 aliphatic heterocycles. The summed E-state index contributed by atoms with van der Waals surface area (Å²) in [6.07, 6.45) is 7.70. The smallest absolute Gasteiger partial charge is 1.00 e. The van der Waals surface area contributed by atoms with Crippen LogP contribution in [0.5, 0.6) is 0 Å². The Bertz CT molecular complexity index is 878. The zero-order valence-electron chi connectivity index (χ0n) is 14.7. The molecule has 0 unspecified atom stereocenters. The fourth-order valence-corrected chi connectivity index (χ4v) is 3.20. The molecular formula is C21H21Cl2SiZr. The summed E-state index contributed by atoms with van der Waals surface area (Å²) in [5, 5.41) is 5.49. The summed E-state index contributed by atoms with van der Waals surface area (Å²) in [5.74, 6) is 0. The summed E-state index contributed by atoms with van der Waals surface area (Å²) in [5.41, 5.74) is 4.25. The molecule has 0 saturated carbocycles. The maximum atomic E-state index is 2.34. The fourth-order valence-electron chi connectivity index (χ4n) is 3.20. The maximum Gasteiger partial charge on any atom is 3.00 e. The predicted molar refractivity (Wildman–Crippen MR) is 101 cm³/mol. The van der Waals surface area contributed by atoms with Crippen LogP contribution in [0.2, 0.25) is 13.1 Å². The summed E-state index contributed by atoms with van der Waals surface area (Å²) in [4.78, 5) is 0. The Labute approximate surface area is 184 Å². The Balaban J connectivity index is 0.000000902. The van der Waals surface area contributed by atoms with Gasteiger partial charge in [-0.2, -0.15) is 0 Å². The molecule has 0 fully saturated rings. The van der Waals surface area contributed by atoms with Crippen molar-refractivity contribution in [3.63, 3.8) is 0 Å². The second-order valence-corrected chi connectivity index (χ2v) is 6.77. The first-order valence-electron chi connectivity index (χ1n) is 7.78. The third kappa shape index (κ3) is 5.01. The summed E-state index contributed by atoms with van der Waals surface area (Å²) >= 11 is 0. The molecule has 0 atom stereocenters. The van der Waals surface area contributed by atoms with Crippen molar-refractivity contribution in [3.8, 4) is 0 Å². The molecule has 3 aromatic carbocycles. The van der Waals surface area contributed by atoms with Gasteiger partial charge in [0.1, 0.15) is 0 Å². The number of benzene rings is 2. The monoisotopic (exact) mass is 461 g/mol. The van der Waals surface area contributed by atoms with Gasteiger partial charge in [0, 0.05) is 9.52 Å². The maximum absolute atomic E-state index is 2.34. The molecule has 127 valence electrons. The van der Waals surface area contributed by atoms with E-state index in [2.05, 4.69) is 80.7 Å². The topological polar surface area (TPSA) is 0 Å². The van der Waals surface area contributed by atoms with E-state index in [0.717, 1.165) is 15.9 Å². The quantitative estimate of drug-likeness (QED) is 0.356. The fraction of sp³-hybridized carbons (Fsp3) is 0.190. The Morgan fingerprint density at radius 2 is 1.64 bits per heavy atom. The van der Waals surface area contributed by atoms with Crippen molar-refractivity contribution < 1.29 is 51.0 Å². The van der Waals surface area contributed by atoms with Crippen LogP contribution in [0.3, 0.4) is 0 Å². The van der Waals surface area contributed by atoms with Crippen LogP contribution in [0.15, 0.2) is 60.7 Å². The zero-order valence-corrected chi connectivity index (χ0v) is 19.7. The molecule has 0 spiro atoms. The van der Waals surface area contributed by atoms with Gasteiger partial charge in [0.25, 0.3) is 0 Å². The van der Waals surface area contributed by atoms with E-state index in [0.29, 0.717) is 0 Å². The number of rotatable bonds is 1. The number of hydrogen-bond donors (Lipinski definition) is 0. The average Bonchev–Trinajstić information content (AvgIpc) is 3.15. The molecule has 0 amide bonds. The van der Waals surface area contributed by atoms with Crippen LogP contribution in [0, 0.1) is 6.92 Å². The summed E-state index contributed by atoms with van der Waals surface area (Å²) in [6, 6.07) is 15.5. The van der Waals surface area contributed by atoms with Crippen LogP contribution in [-0.2, 0) is 26.2 Å². The molecule has 1 aliphatic rings. The first-order valence-corrected chi connectivity index (χ1v) is 9.78. The minimum absolute atomic E-state index is 0. The van der Waals surface area contributed by atoms with Gasteiger partial charge < -0.3 is 24.8 Å². The second kappa shape index (κ2) is 11.2. The average molecular weight is 464 g/mol. The molecular weight excluding hydrogens is 442 g/mol. The Morgan fingerprint density at radius 1 is 0.960 bits per heavy atom. The van der Waals surface area contributed by atoms with E-state index in [1.54, 1.807) is 0 Å². The minimum atomic E-state index is 0. The van der Waals surface area contributed by atoms with Crippen molar-refractivity contribution in [2.45, 2.75) is 26.4 Å². The van der Waals surface area contributed by atoms with E-state index in [9.17, 15) is 0 Å². The van der Waals surface area contributed by atoms with Gasteiger partial charge in [0.2, 0.25) is 0 Å². The van der Waals surface area contributed by atoms with Crippen LogP contribution >= 0.6 is 0 Å². The number of aryl methyl sites for hydroxylation is 1. The van der Waals surface area contributed by atoms with Crippen molar-refractivity contribution in [1.82, 2.24) is 0 Å². The van der Waals surface area contributed by atoms with E-state index < -0.39 is 0 Å². The largest absolute Gasteiger partial charge is 3.00 e. The van der Waals surface area contributed by atoms with E-state index in [1.807, 2.05) is 0 Å². The first-order chi connectivity index (χ1) is 10.8. The van der Waals surface area contributed by atoms with E-state index in [4.69, 9.17) is 0 Å². The summed E-state index contributed by atoms with van der Waals surface area (Å²) in [7, 11) is 1.08. The van der Waals surface area contributed by atoms with Crippen LogP contribution in [0.25, 0.3) is 27.1 Å². The molecule has 0 saturated heterocycles. The molecule has 3 aromatic rings. The summed E-state index contributed by atoms with van der Waals surface area (Å²) < 4.78 is 0. The van der Waals surface area contributed by atoms with Crippen LogP contribution in [-0.4, -0.2) is 9.52 Å². The zero-order chi connectivity index (χ0) is 15.5. The SMILES string of the molecule is C[Si]C.Cc1ccc2c([cH-]c3ccccc32)c1C1=CC=CC1.[Cl-].[Cl-].[Zr+3]. The molecule has 25 heavy (non-hydrogen) atoms. The molecule has 0 nitrogen and oxygen atoms in total. The van der Waals surface area contributed by atoms with Gasteiger partial charge in [-0.05, 0) is 13.3 Å². The molecule has 4 rings (SSSR count). The molecule has 4 heteroatoms. The molecule has 3 radical (unpaired) electrons. The molecule has 0 aromatic heterocycles. The van der Waals surface area contributed by atoms with Crippen LogP contribution in [0.4, 0.5) is 0 Å². The van der Waals surface area contributed by atoms with Crippen molar-refractivity contribution in [1.29, 1.82) is 0 Å². The van der Waals surface area contributed by atoms with Crippen molar-refractivity contribution in [2.75, 3.05) is 0 Å². The van der Waals surface area contributed by atoms with Gasteiger partial charge in [-0.1, -0.05) is 78.4 Å². The van der Waals surface area contributed by atoms with Crippen molar-refractivity contribution in [2.24, 2.45) is 0 Å². The standard InChI is InChI=1S/C19H15.C2H6Si.2ClH.Zr/c1-13-10-11-17-16-9-5-4-8-15(16)12-18(17)19(13)14-6-2-3-7-14;1-3-2;;;/h2-6,8-12H,7H2,1H3;1-2H3;2*1H;/q-1;;;;+3/p-2. The van der Waals surface area contributed by atoms with Crippen LogP contribution in [0.1, 0.15) is 17.5 Å². The molecule has 0 N–H and O–H groups in total. The van der Waals surface area contributed by atoms with Crippen molar-refractivity contribution in [3.05, 3.63) is 71.8 Å². The molecule has 0 bridgehead atoms. The minimum Gasteiger partial charge on any atom is -1.00 e. The predicted octanol–water partition coefficient (Wildman–Crippen LogP) is 0.156. The van der Waals surface area contributed by atoms with Gasteiger partial charge in [0.15, 0.2) is 0 Å².